The Morgan fingerprint density at radius 2 is 2.16 bits per heavy atom. The van der Waals surface area contributed by atoms with E-state index < -0.39 is 52.4 Å². The number of hydrogen-bond acceptors (Lipinski definition) is 7. The lowest BCUT2D eigenvalue weighted by Crippen LogP contribution is -2.73. The molecule has 13 heteroatoms. The zero-order valence-electron chi connectivity index (χ0n) is 12.5. The molecule has 0 aromatic carbocycles. The molecular formula is C12H12F3N3O7. The molecule has 1 saturated heterocycles. The molecule has 0 spiro atoms. The summed E-state index contributed by atoms with van der Waals surface area (Å²) < 4.78 is 49.3. The first kappa shape index (κ1) is 18.5. The largest absolute Gasteiger partial charge is 0.466 e. The highest BCUT2D eigenvalue weighted by atomic mass is 19.4. The molecule has 2 rings (SSSR count). The van der Waals surface area contributed by atoms with E-state index in [1.807, 2.05) is 5.32 Å². The summed E-state index contributed by atoms with van der Waals surface area (Å²) in [5, 5.41) is 23.9. The molecule has 3 N–H and O–H groups in total. The number of halogens is 3. The van der Waals surface area contributed by atoms with Crippen LogP contribution in [0.4, 0.5) is 23.8 Å². The van der Waals surface area contributed by atoms with E-state index in [1.54, 1.807) is 0 Å². The van der Waals surface area contributed by atoms with Crippen molar-refractivity contribution in [2.24, 2.45) is 5.92 Å². The molecule has 0 saturated carbocycles. The van der Waals surface area contributed by atoms with E-state index in [2.05, 4.69) is 4.74 Å². The molecule has 1 aromatic rings. The molecule has 0 unspecified atom stereocenters. The van der Waals surface area contributed by atoms with Crippen molar-refractivity contribution in [2.75, 3.05) is 6.61 Å². The first-order valence-electron chi connectivity index (χ1n) is 6.79. The van der Waals surface area contributed by atoms with Gasteiger partial charge in [0.05, 0.1) is 12.7 Å². The van der Waals surface area contributed by atoms with E-state index in [0.717, 1.165) is 12.1 Å². The number of amides is 2. The lowest BCUT2D eigenvalue weighted by Gasteiger charge is -2.43. The SMILES string of the molecule is CCOC(=O)[C@@H]1[C@@H](c2ccc([N+](=O)[O-])o2)NC(=O)N[C@]1(O)C(F)(F)F. The summed E-state index contributed by atoms with van der Waals surface area (Å²) in [5.74, 6) is -5.24. The van der Waals surface area contributed by atoms with Crippen LogP contribution in [-0.4, -0.2) is 40.5 Å². The highest BCUT2D eigenvalue weighted by Crippen LogP contribution is 2.43. The number of rotatable bonds is 4. The van der Waals surface area contributed by atoms with Crippen LogP contribution in [0.1, 0.15) is 18.7 Å². The monoisotopic (exact) mass is 367 g/mol. The number of hydrogen-bond donors (Lipinski definition) is 3. The number of ether oxygens (including phenoxy) is 1. The number of urea groups is 1. The predicted molar refractivity (Wildman–Crippen MR) is 70.9 cm³/mol. The van der Waals surface area contributed by atoms with Crippen molar-refractivity contribution >= 4 is 17.9 Å². The van der Waals surface area contributed by atoms with E-state index in [0.29, 0.717) is 0 Å². The van der Waals surface area contributed by atoms with Gasteiger partial charge in [-0.05, 0) is 13.0 Å². The zero-order valence-corrected chi connectivity index (χ0v) is 12.5. The molecule has 25 heavy (non-hydrogen) atoms. The number of carbonyl (C=O) groups excluding carboxylic acids is 2. The van der Waals surface area contributed by atoms with Gasteiger partial charge < -0.3 is 24.9 Å². The van der Waals surface area contributed by atoms with E-state index in [-0.39, 0.29) is 6.61 Å². The molecule has 0 aliphatic carbocycles. The Morgan fingerprint density at radius 1 is 1.52 bits per heavy atom. The van der Waals surface area contributed by atoms with Crippen molar-refractivity contribution in [3.05, 3.63) is 28.0 Å². The quantitative estimate of drug-likeness (QED) is 0.409. The second kappa shape index (κ2) is 6.23. The molecule has 2 heterocycles. The minimum Gasteiger partial charge on any atom is -0.466 e. The van der Waals surface area contributed by atoms with Gasteiger partial charge in [-0.25, -0.2) is 4.79 Å². The van der Waals surface area contributed by atoms with Crippen LogP contribution in [-0.2, 0) is 9.53 Å². The van der Waals surface area contributed by atoms with Gasteiger partial charge in [0.15, 0.2) is 0 Å². The maximum Gasteiger partial charge on any atom is 0.437 e. The van der Waals surface area contributed by atoms with E-state index in [1.165, 1.54) is 12.2 Å². The maximum atomic E-state index is 13.3. The Hall–Kier alpha value is -2.83. The van der Waals surface area contributed by atoms with Crippen molar-refractivity contribution in [1.82, 2.24) is 10.6 Å². The Kier molecular flexibility index (Phi) is 4.61. The minimum atomic E-state index is -5.45. The third-order valence-electron chi connectivity index (χ3n) is 3.45. The van der Waals surface area contributed by atoms with Crippen LogP contribution in [0.5, 0.6) is 0 Å². The molecular weight excluding hydrogens is 355 g/mol. The summed E-state index contributed by atoms with van der Waals surface area (Å²) in [6.45, 7) is 1.02. The number of nitrogens with one attached hydrogen (secondary N) is 2. The smallest absolute Gasteiger partial charge is 0.437 e. The van der Waals surface area contributed by atoms with Gasteiger partial charge in [-0.3, -0.25) is 14.9 Å². The number of alkyl halides is 3. The van der Waals surface area contributed by atoms with E-state index in [9.17, 15) is 38.0 Å². The highest BCUT2D eigenvalue weighted by Gasteiger charge is 2.67. The van der Waals surface area contributed by atoms with Crippen LogP contribution in [0.25, 0.3) is 0 Å². The van der Waals surface area contributed by atoms with Crippen LogP contribution >= 0.6 is 0 Å². The van der Waals surface area contributed by atoms with Crippen LogP contribution < -0.4 is 10.6 Å². The Bertz CT molecular complexity index is 704. The topological polar surface area (TPSA) is 144 Å². The molecule has 1 aliphatic heterocycles. The highest BCUT2D eigenvalue weighted by molar-refractivity contribution is 5.83. The summed E-state index contributed by atoms with van der Waals surface area (Å²) in [6, 6.07) is -1.56. The Labute approximate surface area is 137 Å². The van der Waals surface area contributed by atoms with Crippen LogP contribution in [0.3, 0.4) is 0 Å². The van der Waals surface area contributed by atoms with E-state index in [4.69, 9.17) is 4.42 Å². The van der Waals surface area contributed by atoms with Crippen molar-refractivity contribution in [3.63, 3.8) is 0 Å². The van der Waals surface area contributed by atoms with Gasteiger partial charge in [0.25, 0.3) is 5.72 Å². The fraction of sp³-hybridized carbons (Fsp3) is 0.500. The number of nitro groups is 1. The molecule has 2 amide bonds. The standard InChI is InChI=1S/C12H12F3N3O7/c1-2-24-9(19)7-8(5-3-4-6(25-5)18(22)23)16-10(20)17-11(7,21)12(13,14)15/h3-4,7-8,21H,2H2,1H3,(H2,16,17,20)/t7-,8+,11+/m0/s1. The second-order valence-corrected chi connectivity index (χ2v) is 5.00. The normalized spacial score (nSPS) is 26.5. The molecule has 1 fully saturated rings. The van der Waals surface area contributed by atoms with Crippen molar-refractivity contribution in [2.45, 2.75) is 24.9 Å². The fourth-order valence-electron chi connectivity index (χ4n) is 2.38. The molecule has 3 atom stereocenters. The molecule has 10 nitrogen and oxygen atoms in total. The summed E-state index contributed by atoms with van der Waals surface area (Å²) in [7, 11) is 0. The number of carbonyl (C=O) groups is 2. The fourth-order valence-corrected chi connectivity index (χ4v) is 2.38. The van der Waals surface area contributed by atoms with Crippen LogP contribution in [0.2, 0.25) is 0 Å². The van der Waals surface area contributed by atoms with Gasteiger partial charge in [-0.15, -0.1) is 0 Å². The van der Waals surface area contributed by atoms with Crippen molar-refractivity contribution < 1.29 is 41.9 Å². The first-order valence-corrected chi connectivity index (χ1v) is 6.79. The number of furan rings is 1. The van der Waals surface area contributed by atoms with Gasteiger partial charge in [0.2, 0.25) is 0 Å². The van der Waals surface area contributed by atoms with Gasteiger partial charge >= 0.3 is 24.1 Å². The summed E-state index contributed by atoms with van der Waals surface area (Å²) in [4.78, 5) is 33.3. The van der Waals surface area contributed by atoms with Crippen LogP contribution in [0.15, 0.2) is 16.5 Å². The summed E-state index contributed by atoms with van der Waals surface area (Å²) in [6.07, 6.45) is -5.45. The molecule has 1 aliphatic rings. The number of aliphatic hydroxyl groups is 1. The first-order chi connectivity index (χ1) is 11.5. The zero-order chi connectivity index (χ0) is 19.0. The van der Waals surface area contributed by atoms with Gasteiger partial charge in [0.1, 0.15) is 22.6 Å². The van der Waals surface area contributed by atoms with Gasteiger partial charge in [-0.1, -0.05) is 0 Å². The number of esters is 1. The predicted octanol–water partition coefficient (Wildman–Crippen LogP) is 0.972. The summed E-state index contributed by atoms with van der Waals surface area (Å²) in [5.41, 5.74) is -3.96. The van der Waals surface area contributed by atoms with Crippen molar-refractivity contribution in [3.8, 4) is 0 Å². The van der Waals surface area contributed by atoms with Crippen molar-refractivity contribution in [1.29, 1.82) is 0 Å². The molecule has 1 aromatic heterocycles. The van der Waals surface area contributed by atoms with Crippen LogP contribution in [0, 0.1) is 16.0 Å². The molecule has 138 valence electrons. The lowest BCUT2D eigenvalue weighted by atomic mass is 9.84. The lowest BCUT2D eigenvalue weighted by molar-refractivity contribution is -0.402. The minimum absolute atomic E-state index is 0.303. The third kappa shape index (κ3) is 3.22. The molecule has 0 bridgehead atoms. The van der Waals surface area contributed by atoms with E-state index >= 15 is 0 Å². The Balaban J connectivity index is 2.55. The van der Waals surface area contributed by atoms with Gasteiger partial charge in [0, 0.05) is 0 Å². The molecule has 0 radical (unpaired) electrons. The third-order valence-corrected chi connectivity index (χ3v) is 3.45. The van der Waals surface area contributed by atoms with Gasteiger partial charge in [-0.2, -0.15) is 13.2 Å². The summed E-state index contributed by atoms with van der Waals surface area (Å²) >= 11 is 0. The number of nitrogens with zero attached hydrogens (tertiary/aromatic N) is 1. The second-order valence-electron chi connectivity index (χ2n) is 5.00. The Morgan fingerprint density at radius 3 is 2.64 bits per heavy atom. The average Bonchev–Trinajstić information content (AvgIpc) is 2.95. The average molecular weight is 367 g/mol. The maximum absolute atomic E-state index is 13.3.